The summed E-state index contributed by atoms with van der Waals surface area (Å²) in [6.45, 7) is 1.92. The van der Waals surface area contributed by atoms with Gasteiger partial charge in [0.2, 0.25) is 11.8 Å². The van der Waals surface area contributed by atoms with Crippen molar-refractivity contribution in [3.8, 4) is 0 Å². The van der Waals surface area contributed by atoms with Crippen LogP contribution in [0.25, 0.3) is 0 Å². The summed E-state index contributed by atoms with van der Waals surface area (Å²) in [5, 5.41) is 2.49. The maximum Gasteiger partial charge on any atom is 0.416 e. The first kappa shape index (κ1) is 19.5. The van der Waals surface area contributed by atoms with Crippen molar-refractivity contribution in [2.24, 2.45) is 5.73 Å². The van der Waals surface area contributed by atoms with Crippen LogP contribution in [0.15, 0.2) is 48.5 Å². The number of primary amides is 1. The summed E-state index contributed by atoms with van der Waals surface area (Å²) in [6.07, 6.45) is -4.54. The van der Waals surface area contributed by atoms with Crippen molar-refractivity contribution < 1.29 is 22.8 Å². The number of aryl methyl sites for hydroxylation is 1. The molecule has 0 heterocycles. The van der Waals surface area contributed by atoms with Gasteiger partial charge in [-0.05, 0) is 24.1 Å². The van der Waals surface area contributed by atoms with Gasteiger partial charge in [-0.3, -0.25) is 9.59 Å². The van der Waals surface area contributed by atoms with E-state index in [9.17, 15) is 22.8 Å². The smallest absolute Gasteiger partial charge is 0.368 e. The Kier molecular flexibility index (Phi) is 6.02. The molecular formula is C19H19F3N2O2. The minimum atomic E-state index is -4.48. The number of benzene rings is 2. The molecule has 2 aromatic rings. The van der Waals surface area contributed by atoms with Crippen molar-refractivity contribution in [1.82, 2.24) is 5.32 Å². The number of alkyl halides is 3. The summed E-state index contributed by atoms with van der Waals surface area (Å²) in [4.78, 5) is 23.7. The quantitative estimate of drug-likeness (QED) is 0.827. The predicted molar refractivity (Wildman–Crippen MR) is 91.2 cm³/mol. The highest BCUT2D eigenvalue weighted by Gasteiger charge is 2.30. The number of amides is 2. The Morgan fingerprint density at radius 2 is 1.73 bits per heavy atom. The van der Waals surface area contributed by atoms with Gasteiger partial charge in [0.05, 0.1) is 12.0 Å². The van der Waals surface area contributed by atoms with Gasteiger partial charge in [0.25, 0.3) is 0 Å². The van der Waals surface area contributed by atoms with Gasteiger partial charge in [0.15, 0.2) is 0 Å². The molecule has 0 aliphatic rings. The second-order valence-corrected chi connectivity index (χ2v) is 6.09. The summed E-state index contributed by atoms with van der Waals surface area (Å²) < 4.78 is 38.2. The number of carbonyl (C=O) groups excluding carboxylic acids is 2. The summed E-state index contributed by atoms with van der Waals surface area (Å²) in [5.74, 6) is -1.27. The van der Waals surface area contributed by atoms with Gasteiger partial charge in [-0.1, -0.05) is 48.0 Å². The highest BCUT2D eigenvalue weighted by molar-refractivity contribution is 5.87. The number of rotatable bonds is 6. The lowest BCUT2D eigenvalue weighted by Gasteiger charge is -2.16. The third-order valence-electron chi connectivity index (χ3n) is 3.86. The van der Waals surface area contributed by atoms with Crippen LogP contribution in [-0.4, -0.2) is 17.9 Å². The number of nitrogens with one attached hydrogen (secondary N) is 1. The zero-order valence-electron chi connectivity index (χ0n) is 14.1. The van der Waals surface area contributed by atoms with Crippen LogP contribution in [0, 0.1) is 6.92 Å². The molecule has 0 aliphatic heterocycles. The van der Waals surface area contributed by atoms with E-state index in [1.807, 2.05) is 31.2 Å². The van der Waals surface area contributed by atoms with E-state index >= 15 is 0 Å². The largest absolute Gasteiger partial charge is 0.416 e. The zero-order valence-corrected chi connectivity index (χ0v) is 14.1. The van der Waals surface area contributed by atoms with Crippen LogP contribution < -0.4 is 11.1 Å². The van der Waals surface area contributed by atoms with Crippen LogP contribution in [0.5, 0.6) is 0 Å². The van der Waals surface area contributed by atoms with Crippen molar-refractivity contribution >= 4 is 11.8 Å². The topological polar surface area (TPSA) is 72.2 Å². The highest BCUT2D eigenvalue weighted by Crippen LogP contribution is 2.29. The summed E-state index contributed by atoms with van der Waals surface area (Å²) in [7, 11) is 0. The van der Waals surface area contributed by atoms with Gasteiger partial charge in [-0.15, -0.1) is 0 Å². The first-order valence-electron chi connectivity index (χ1n) is 7.95. The van der Waals surface area contributed by atoms with E-state index < -0.39 is 29.6 Å². The predicted octanol–water partition coefficient (Wildman–Crippen LogP) is 2.77. The monoisotopic (exact) mass is 364 g/mol. The summed E-state index contributed by atoms with van der Waals surface area (Å²) in [6, 6.07) is 11.0. The normalized spacial score (nSPS) is 12.5. The van der Waals surface area contributed by atoms with Gasteiger partial charge >= 0.3 is 6.18 Å². The van der Waals surface area contributed by atoms with Crippen molar-refractivity contribution in [2.45, 2.75) is 32.0 Å². The molecule has 0 unspecified atom stereocenters. The van der Waals surface area contributed by atoms with Crippen LogP contribution in [0.3, 0.4) is 0 Å². The molecule has 1 atom stereocenters. The standard InChI is InChI=1S/C19H19F3N2O2/c1-12-5-7-13(8-6-12)10-16(18(23)26)24-17(25)11-14-3-2-4-15(9-14)19(20,21)22/h2-9,16H,10-11H2,1H3,(H2,23,26)(H,24,25)/t16-/m1/s1. The first-order valence-corrected chi connectivity index (χ1v) is 7.95. The molecule has 0 fully saturated rings. The maximum absolute atomic E-state index is 12.7. The molecule has 0 aliphatic carbocycles. The van der Waals surface area contributed by atoms with E-state index in [1.54, 1.807) is 0 Å². The Morgan fingerprint density at radius 3 is 2.31 bits per heavy atom. The van der Waals surface area contributed by atoms with Crippen molar-refractivity contribution in [3.63, 3.8) is 0 Å². The molecule has 2 amide bonds. The van der Waals surface area contributed by atoms with E-state index in [2.05, 4.69) is 5.32 Å². The molecule has 26 heavy (non-hydrogen) atoms. The van der Waals surface area contributed by atoms with Crippen LogP contribution in [0.4, 0.5) is 13.2 Å². The first-order chi connectivity index (χ1) is 12.1. The van der Waals surface area contributed by atoms with E-state index in [-0.39, 0.29) is 18.4 Å². The lowest BCUT2D eigenvalue weighted by atomic mass is 10.0. The Balaban J connectivity index is 2.04. The van der Waals surface area contributed by atoms with Crippen molar-refractivity contribution in [1.29, 1.82) is 0 Å². The van der Waals surface area contributed by atoms with E-state index in [0.717, 1.165) is 23.3 Å². The fraction of sp³-hybridized carbons (Fsp3) is 0.263. The number of halogens is 3. The lowest BCUT2D eigenvalue weighted by molar-refractivity contribution is -0.137. The maximum atomic E-state index is 12.7. The van der Waals surface area contributed by atoms with Gasteiger partial charge in [0, 0.05) is 6.42 Å². The van der Waals surface area contributed by atoms with Crippen molar-refractivity contribution in [3.05, 3.63) is 70.8 Å². The molecule has 0 radical (unpaired) electrons. The van der Waals surface area contributed by atoms with Crippen LogP contribution in [0.1, 0.15) is 22.3 Å². The van der Waals surface area contributed by atoms with Crippen LogP contribution >= 0.6 is 0 Å². The third-order valence-corrected chi connectivity index (χ3v) is 3.86. The minimum absolute atomic E-state index is 0.205. The Labute approximate surface area is 149 Å². The Hall–Kier alpha value is -2.83. The number of carbonyl (C=O) groups is 2. The molecule has 3 N–H and O–H groups in total. The van der Waals surface area contributed by atoms with Gasteiger partial charge < -0.3 is 11.1 Å². The molecule has 4 nitrogen and oxygen atoms in total. The molecule has 0 bridgehead atoms. The van der Waals surface area contributed by atoms with Gasteiger partial charge in [-0.2, -0.15) is 13.2 Å². The van der Waals surface area contributed by atoms with Gasteiger partial charge in [-0.25, -0.2) is 0 Å². The molecule has 0 spiro atoms. The third kappa shape index (κ3) is 5.61. The molecular weight excluding hydrogens is 345 g/mol. The molecule has 7 heteroatoms. The van der Waals surface area contributed by atoms with E-state index in [4.69, 9.17) is 5.73 Å². The molecule has 2 aromatic carbocycles. The second kappa shape index (κ2) is 8.03. The minimum Gasteiger partial charge on any atom is -0.368 e. The Bertz CT molecular complexity index is 786. The molecule has 0 saturated carbocycles. The number of hydrogen-bond acceptors (Lipinski definition) is 2. The number of nitrogens with two attached hydrogens (primary N) is 1. The SMILES string of the molecule is Cc1ccc(C[C@@H](NC(=O)Cc2cccc(C(F)(F)F)c2)C(N)=O)cc1. The van der Waals surface area contributed by atoms with Gasteiger partial charge in [0.1, 0.15) is 6.04 Å². The summed E-state index contributed by atoms with van der Waals surface area (Å²) >= 11 is 0. The Morgan fingerprint density at radius 1 is 1.08 bits per heavy atom. The average molecular weight is 364 g/mol. The highest BCUT2D eigenvalue weighted by atomic mass is 19.4. The molecule has 138 valence electrons. The van der Waals surface area contributed by atoms with Crippen LogP contribution in [0.2, 0.25) is 0 Å². The molecule has 2 rings (SSSR count). The second-order valence-electron chi connectivity index (χ2n) is 6.09. The van der Waals surface area contributed by atoms with E-state index in [1.165, 1.54) is 12.1 Å². The van der Waals surface area contributed by atoms with E-state index in [0.29, 0.717) is 0 Å². The summed E-state index contributed by atoms with van der Waals surface area (Å²) in [5.41, 5.74) is 6.59. The number of hydrogen-bond donors (Lipinski definition) is 2. The molecule has 0 saturated heterocycles. The fourth-order valence-electron chi connectivity index (χ4n) is 2.47. The zero-order chi connectivity index (χ0) is 19.3. The molecule has 0 aromatic heterocycles. The van der Waals surface area contributed by atoms with Crippen molar-refractivity contribution in [2.75, 3.05) is 0 Å². The fourth-order valence-corrected chi connectivity index (χ4v) is 2.47. The van der Waals surface area contributed by atoms with Crippen LogP contribution in [-0.2, 0) is 28.6 Å². The lowest BCUT2D eigenvalue weighted by Crippen LogP contribution is -2.46. The average Bonchev–Trinajstić information content (AvgIpc) is 2.55.